The first kappa shape index (κ1) is 12.6. The minimum absolute atomic E-state index is 0.149. The summed E-state index contributed by atoms with van der Waals surface area (Å²) in [6.07, 6.45) is 3.76. The number of hydrogen-bond acceptors (Lipinski definition) is 3. The van der Waals surface area contributed by atoms with Crippen LogP contribution < -0.4 is 0 Å². The van der Waals surface area contributed by atoms with Crippen LogP contribution in [0.25, 0.3) is 16.6 Å². The second-order valence-corrected chi connectivity index (χ2v) is 5.04. The van der Waals surface area contributed by atoms with Crippen molar-refractivity contribution in [2.75, 3.05) is 0 Å². The smallest absolute Gasteiger partial charge is 0.355 e. The molecule has 1 N–H and O–H groups in total. The maximum absolute atomic E-state index is 12.1. The van der Waals surface area contributed by atoms with Gasteiger partial charge in [0.2, 0.25) is 0 Å². The van der Waals surface area contributed by atoms with Gasteiger partial charge in [-0.25, -0.2) is 9.78 Å². The normalized spacial score (nSPS) is 11.1. The second-order valence-electron chi connectivity index (χ2n) is 5.04. The maximum Gasteiger partial charge on any atom is 0.355 e. The molecule has 0 saturated heterocycles. The van der Waals surface area contributed by atoms with Crippen LogP contribution in [0, 0.1) is 0 Å². The summed E-state index contributed by atoms with van der Waals surface area (Å²) < 4.78 is 7.22. The lowest BCUT2D eigenvalue weighted by Crippen LogP contribution is -2.05. The van der Waals surface area contributed by atoms with Crippen molar-refractivity contribution in [2.24, 2.45) is 0 Å². The summed E-state index contributed by atoms with van der Waals surface area (Å²) in [4.78, 5) is 19.6. The fraction of sp³-hybridized carbons (Fsp3) is 0.0588. The van der Waals surface area contributed by atoms with E-state index in [-0.39, 0.29) is 12.6 Å². The van der Waals surface area contributed by atoms with Gasteiger partial charge < -0.3 is 14.1 Å². The van der Waals surface area contributed by atoms with Gasteiger partial charge in [0, 0.05) is 23.3 Å². The van der Waals surface area contributed by atoms with Crippen molar-refractivity contribution in [3.05, 3.63) is 72.3 Å². The lowest BCUT2D eigenvalue weighted by molar-refractivity contribution is 0.0462. The first-order chi connectivity index (χ1) is 10.8. The Balaban J connectivity index is 1.51. The standard InChI is InChI=1S/C17H13N3O2/c21-17(15-9-12-5-1-2-6-14(12)19-15)22-11-13-10-20-8-4-3-7-16(20)18-13/h1-10,19H,11H2. The van der Waals surface area contributed by atoms with Gasteiger partial charge in [-0.15, -0.1) is 0 Å². The number of fused-ring (bicyclic) bond motifs is 2. The molecule has 108 valence electrons. The van der Waals surface area contributed by atoms with Crippen molar-refractivity contribution in [2.45, 2.75) is 6.61 Å². The molecule has 0 atom stereocenters. The molecule has 5 nitrogen and oxygen atoms in total. The molecule has 0 bridgehead atoms. The minimum atomic E-state index is -0.381. The van der Waals surface area contributed by atoms with Gasteiger partial charge in [0.15, 0.2) is 0 Å². The minimum Gasteiger partial charge on any atom is -0.454 e. The van der Waals surface area contributed by atoms with E-state index in [1.54, 1.807) is 6.07 Å². The summed E-state index contributed by atoms with van der Waals surface area (Å²) in [6, 6.07) is 15.3. The SMILES string of the molecule is O=C(OCc1cn2ccccc2n1)c1cc2ccccc2[nH]1. The Bertz CT molecular complexity index is 902. The largest absolute Gasteiger partial charge is 0.454 e. The number of esters is 1. The number of nitrogens with zero attached hydrogens (tertiary/aromatic N) is 2. The number of carbonyl (C=O) groups is 1. The van der Waals surface area contributed by atoms with Gasteiger partial charge in [-0.2, -0.15) is 0 Å². The highest BCUT2D eigenvalue weighted by molar-refractivity contribution is 5.94. The molecular formula is C17H13N3O2. The molecule has 3 aromatic heterocycles. The molecule has 0 radical (unpaired) electrons. The van der Waals surface area contributed by atoms with E-state index < -0.39 is 0 Å². The lowest BCUT2D eigenvalue weighted by atomic mass is 10.2. The summed E-state index contributed by atoms with van der Waals surface area (Å²) in [7, 11) is 0. The van der Waals surface area contributed by atoms with Gasteiger partial charge in [0.1, 0.15) is 17.9 Å². The number of nitrogens with one attached hydrogen (secondary N) is 1. The van der Waals surface area contributed by atoms with Gasteiger partial charge in [-0.3, -0.25) is 0 Å². The highest BCUT2D eigenvalue weighted by Crippen LogP contribution is 2.16. The van der Waals surface area contributed by atoms with Crippen LogP contribution in [0.2, 0.25) is 0 Å². The van der Waals surface area contributed by atoms with E-state index in [0.717, 1.165) is 22.2 Å². The maximum atomic E-state index is 12.1. The third-order valence-electron chi connectivity index (χ3n) is 3.51. The third-order valence-corrected chi connectivity index (χ3v) is 3.51. The van der Waals surface area contributed by atoms with Gasteiger partial charge in [-0.05, 0) is 24.3 Å². The fourth-order valence-electron chi connectivity index (χ4n) is 2.46. The zero-order valence-corrected chi connectivity index (χ0v) is 11.7. The third kappa shape index (κ3) is 2.22. The summed E-state index contributed by atoms with van der Waals surface area (Å²) in [5, 5.41) is 0.988. The number of aromatic nitrogens is 3. The van der Waals surface area contributed by atoms with Crippen LogP contribution in [0.5, 0.6) is 0 Å². The first-order valence-corrected chi connectivity index (χ1v) is 6.97. The molecule has 0 amide bonds. The molecule has 0 spiro atoms. The number of aromatic amines is 1. The van der Waals surface area contributed by atoms with Gasteiger partial charge >= 0.3 is 5.97 Å². The Labute approximate surface area is 126 Å². The van der Waals surface area contributed by atoms with E-state index in [9.17, 15) is 4.79 Å². The average Bonchev–Trinajstić information content (AvgIpc) is 3.15. The van der Waals surface area contributed by atoms with Crippen molar-refractivity contribution in [3.8, 4) is 0 Å². The number of pyridine rings is 1. The zero-order chi connectivity index (χ0) is 14.9. The Hall–Kier alpha value is -3.08. The number of benzene rings is 1. The molecule has 3 heterocycles. The molecule has 22 heavy (non-hydrogen) atoms. The highest BCUT2D eigenvalue weighted by atomic mass is 16.5. The number of carbonyl (C=O) groups excluding carboxylic acids is 1. The van der Waals surface area contributed by atoms with Crippen molar-refractivity contribution >= 4 is 22.5 Å². The first-order valence-electron chi connectivity index (χ1n) is 6.97. The van der Waals surface area contributed by atoms with E-state index in [1.807, 2.05) is 59.3 Å². The molecule has 0 unspecified atom stereocenters. The van der Waals surface area contributed by atoms with Crippen LogP contribution in [-0.4, -0.2) is 20.3 Å². The molecule has 0 saturated carbocycles. The predicted octanol–water partition coefficient (Wildman–Crippen LogP) is 3.17. The summed E-state index contributed by atoms with van der Waals surface area (Å²) in [5.74, 6) is -0.381. The molecule has 1 aromatic carbocycles. The Morgan fingerprint density at radius 3 is 2.91 bits per heavy atom. The molecule has 0 aliphatic carbocycles. The van der Waals surface area contributed by atoms with E-state index >= 15 is 0 Å². The summed E-state index contributed by atoms with van der Waals surface area (Å²) >= 11 is 0. The monoisotopic (exact) mass is 291 g/mol. The zero-order valence-electron chi connectivity index (χ0n) is 11.7. The van der Waals surface area contributed by atoms with Gasteiger partial charge in [0.25, 0.3) is 0 Å². The highest BCUT2D eigenvalue weighted by Gasteiger charge is 2.12. The molecular weight excluding hydrogens is 278 g/mol. The van der Waals surface area contributed by atoms with Crippen LogP contribution in [0.1, 0.15) is 16.2 Å². The van der Waals surface area contributed by atoms with Gasteiger partial charge in [0.05, 0.1) is 5.69 Å². The number of ether oxygens (including phenoxy) is 1. The summed E-state index contributed by atoms with van der Waals surface area (Å²) in [6.45, 7) is 0.149. The summed E-state index contributed by atoms with van der Waals surface area (Å²) in [5.41, 5.74) is 2.92. The second kappa shape index (κ2) is 5.04. The number of rotatable bonds is 3. The van der Waals surface area contributed by atoms with Crippen molar-refractivity contribution < 1.29 is 9.53 Å². The fourth-order valence-corrected chi connectivity index (χ4v) is 2.46. The number of hydrogen-bond donors (Lipinski definition) is 1. The van der Waals surface area contributed by atoms with Crippen LogP contribution in [0.3, 0.4) is 0 Å². The molecule has 0 aliphatic heterocycles. The topological polar surface area (TPSA) is 59.4 Å². The van der Waals surface area contributed by atoms with Crippen LogP contribution >= 0.6 is 0 Å². The lowest BCUT2D eigenvalue weighted by Gasteiger charge is -1.99. The van der Waals surface area contributed by atoms with E-state index in [4.69, 9.17) is 4.74 Å². The molecule has 4 rings (SSSR count). The molecule has 0 aliphatic rings. The van der Waals surface area contributed by atoms with Gasteiger partial charge in [-0.1, -0.05) is 24.3 Å². The van der Waals surface area contributed by atoms with Crippen molar-refractivity contribution in [1.29, 1.82) is 0 Å². The number of para-hydroxylation sites is 1. The quantitative estimate of drug-likeness (QED) is 0.590. The number of imidazole rings is 1. The Morgan fingerprint density at radius 2 is 2.05 bits per heavy atom. The predicted molar refractivity (Wildman–Crippen MR) is 82.6 cm³/mol. The number of H-pyrrole nitrogens is 1. The molecule has 0 fully saturated rings. The van der Waals surface area contributed by atoms with Crippen LogP contribution in [-0.2, 0) is 11.3 Å². The molecule has 4 aromatic rings. The Morgan fingerprint density at radius 1 is 1.18 bits per heavy atom. The molecule has 5 heteroatoms. The van der Waals surface area contributed by atoms with Crippen molar-refractivity contribution in [3.63, 3.8) is 0 Å². The van der Waals surface area contributed by atoms with Crippen LogP contribution in [0.15, 0.2) is 60.9 Å². The Kier molecular flexibility index (Phi) is 2.89. The van der Waals surface area contributed by atoms with E-state index in [1.165, 1.54) is 0 Å². The average molecular weight is 291 g/mol. The van der Waals surface area contributed by atoms with E-state index in [2.05, 4.69) is 9.97 Å². The van der Waals surface area contributed by atoms with Crippen LogP contribution in [0.4, 0.5) is 0 Å². The van der Waals surface area contributed by atoms with Crippen molar-refractivity contribution in [1.82, 2.24) is 14.4 Å². The van der Waals surface area contributed by atoms with E-state index in [0.29, 0.717) is 5.69 Å².